The third-order valence-electron chi connectivity index (χ3n) is 3.55. The second-order valence-electron chi connectivity index (χ2n) is 5.13. The third-order valence-corrected chi connectivity index (χ3v) is 4.77. The molecule has 2 aromatic rings. The van der Waals surface area contributed by atoms with Gasteiger partial charge >= 0.3 is 0 Å². The highest BCUT2D eigenvalue weighted by molar-refractivity contribution is 9.10. The maximum absolute atomic E-state index is 9.50. The third kappa shape index (κ3) is 3.58. The molecule has 0 bridgehead atoms. The Kier molecular flexibility index (Phi) is 4.92. The first kappa shape index (κ1) is 15.9. The van der Waals surface area contributed by atoms with E-state index < -0.39 is 6.04 Å². The van der Waals surface area contributed by atoms with Crippen LogP contribution in [0.3, 0.4) is 0 Å². The molecule has 2 nitrogen and oxygen atoms in total. The van der Waals surface area contributed by atoms with Gasteiger partial charge in [0.15, 0.2) is 0 Å². The minimum atomic E-state index is -0.391. The molecule has 0 amide bonds. The minimum absolute atomic E-state index is 0.391. The van der Waals surface area contributed by atoms with Gasteiger partial charge in [-0.25, -0.2) is 0 Å². The predicted molar refractivity (Wildman–Crippen MR) is 91.8 cm³/mol. The fraction of sp³-hybridized carbons (Fsp3) is 0.235. The molecule has 0 aliphatic rings. The van der Waals surface area contributed by atoms with Gasteiger partial charge in [0, 0.05) is 10.2 Å². The normalized spacial score (nSPS) is 11.8. The Morgan fingerprint density at radius 1 is 1.10 bits per heavy atom. The molecular formula is C17H16BrClN2. The average Bonchev–Trinajstić information content (AvgIpc) is 2.44. The number of hydrogen-bond acceptors (Lipinski definition) is 2. The van der Waals surface area contributed by atoms with E-state index in [9.17, 15) is 5.26 Å². The van der Waals surface area contributed by atoms with Crippen LogP contribution in [0.4, 0.5) is 5.69 Å². The lowest BCUT2D eigenvalue weighted by atomic mass is 9.96. The van der Waals surface area contributed by atoms with Crippen LogP contribution in [0.2, 0.25) is 5.02 Å². The van der Waals surface area contributed by atoms with Crippen molar-refractivity contribution in [3.63, 3.8) is 0 Å². The summed E-state index contributed by atoms with van der Waals surface area (Å²) in [6.45, 7) is 6.17. The van der Waals surface area contributed by atoms with Crippen molar-refractivity contribution in [2.45, 2.75) is 26.8 Å². The van der Waals surface area contributed by atoms with Gasteiger partial charge in [-0.2, -0.15) is 5.26 Å². The van der Waals surface area contributed by atoms with Crippen molar-refractivity contribution in [2.24, 2.45) is 0 Å². The molecule has 108 valence electrons. The molecule has 1 N–H and O–H groups in total. The van der Waals surface area contributed by atoms with Gasteiger partial charge in [0.1, 0.15) is 6.04 Å². The number of anilines is 1. The van der Waals surface area contributed by atoms with Crippen LogP contribution in [0.15, 0.2) is 34.8 Å². The summed E-state index contributed by atoms with van der Waals surface area (Å²) in [5.74, 6) is 0. The fourth-order valence-electron chi connectivity index (χ4n) is 2.23. The zero-order chi connectivity index (χ0) is 15.6. The number of benzene rings is 2. The molecule has 2 rings (SSSR count). The Bertz CT molecular complexity index is 719. The largest absolute Gasteiger partial charge is 0.366 e. The Morgan fingerprint density at radius 2 is 1.76 bits per heavy atom. The molecule has 4 heteroatoms. The summed E-state index contributed by atoms with van der Waals surface area (Å²) in [5, 5.41) is 13.4. The quantitative estimate of drug-likeness (QED) is 0.758. The van der Waals surface area contributed by atoms with E-state index in [1.54, 1.807) is 6.07 Å². The van der Waals surface area contributed by atoms with Gasteiger partial charge in [0.25, 0.3) is 0 Å². The summed E-state index contributed by atoms with van der Waals surface area (Å²) in [4.78, 5) is 0. The van der Waals surface area contributed by atoms with Crippen LogP contribution >= 0.6 is 27.5 Å². The van der Waals surface area contributed by atoms with Gasteiger partial charge in [-0.15, -0.1) is 0 Å². The molecule has 0 radical (unpaired) electrons. The second-order valence-corrected chi connectivity index (χ2v) is 6.39. The topological polar surface area (TPSA) is 35.8 Å². The van der Waals surface area contributed by atoms with Crippen molar-refractivity contribution < 1.29 is 0 Å². The Hall–Kier alpha value is -1.50. The molecule has 1 unspecified atom stereocenters. The van der Waals surface area contributed by atoms with Gasteiger partial charge in [0.2, 0.25) is 0 Å². The molecule has 0 aliphatic heterocycles. The minimum Gasteiger partial charge on any atom is -0.366 e. The van der Waals surface area contributed by atoms with Crippen LogP contribution in [0.1, 0.15) is 28.3 Å². The molecule has 2 aromatic carbocycles. The average molecular weight is 364 g/mol. The van der Waals surface area contributed by atoms with Gasteiger partial charge in [-0.05, 0) is 77.2 Å². The lowest BCUT2D eigenvalue weighted by Gasteiger charge is -2.17. The molecule has 0 saturated heterocycles. The van der Waals surface area contributed by atoms with E-state index in [0.717, 1.165) is 21.3 Å². The summed E-state index contributed by atoms with van der Waals surface area (Å²) in [7, 11) is 0. The predicted octanol–water partition coefficient (Wildman–Crippen LogP) is 5.70. The first-order valence-electron chi connectivity index (χ1n) is 6.61. The number of nitrogens with zero attached hydrogens (tertiary/aromatic N) is 1. The smallest absolute Gasteiger partial charge is 0.140 e. The van der Waals surface area contributed by atoms with E-state index in [1.165, 1.54) is 11.1 Å². The Morgan fingerprint density at radius 3 is 2.38 bits per heavy atom. The van der Waals surface area contributed by atoms with E-state index in [1.807, 2.05) is 19.1 Å². The van der Waals surface area contributed by atoms with Crippen molar-refractivity contribution >= 4 is 33.2 Å². The molecule has 0 fully saturated rings. The van der Waals surface area contributed by atoms with Crippen LogP contribution in [0.25, 0.3) is 0 Å². The zero-order valence-electron chi connectivity index (χ0n) is 12.2. The van der Waals surface area contributed by atoms with Crippen molar-refractivity contribution in [1.82, 2.24) is 0 Å². The van der Waals surface area contributed by atoms with E-state index in [-0.39, 0.29) is 0 Å². The molecule has 0 spiro atoms. The molecule has 0 aliphatic carbocycles. The summed E-state index contributed by atoms with van der Waals surface area (Å²) in [6.07, 6.45) is 0. The first-order valence-corrected chi connectivity index (χ1v) is 7.78. The van der Waals surface area contributed by atoms with Crippen molar-refractivity contribution in [3.05, 3.63) is 62.1 Å². The first-order chi connectivity index (χ1) is 9.92. The van der Waals surface area contributed by atoms with Crippen molar-refractivity contribution in [1.29, 1.82) is 5.26 Å². The van der Waals surface area contributed by atoms with Gasteiger partial charge in [-0.1, -0.05) is 23.7 Å². The monoisotopic (exact) mass is 362 g/mol. The number of nitriles is 1. The van der Waals surface area contributed by atoms with E-state index in [4.69, 9.17) is 11.6 Å². The standard InChI is InChI=1S/C17H16BrClN2/c1-10-6-12(3)14(7-11(10)2)17(9-20)21-13-4-5-16(19)15(18)8-13/h4-8,17,21H,1-3H3. The molecule has 0 aromatic heterocycles. The number of rotatable bonds is 3. The maximum atomic E-state index is 9.50. The molecule has 1 atom stereocenters. The zero-order valence-corrected chi connectivity index (χ0v) is 14.5. The highest BCUT2D eigenvalue weighted by atomic mass is 79.9. The van der Waals surface area contributed by atoms with Crippen LogP contribution in [0.5, 0.6) is 0 Å². The lowest BCUT2D eigenvalue weighted by Crippen LogP contribution is -2.10. The van der Waals surface area contributed by atoms with E-state index in [0.29, 0.717) is 5.02 Å². The molecular weight excluding hydrogens is 348 g/mol. The van der Waals surface area contributed by atoms with Crippen LogP contribution in [-0.4, -0.2) is 0 Å². The molecule has 0 heterocycles. The fourth-order valence-corrected chi connectivity index (χ4v) is 2.72. The van der Waals surface area contributed by atoms with Crippen molar-refractivity contribution in [2.75, 3.05) is 5.32 Å². The maximum Gasteiger partial charge on any atom is 0.140 e. The summed E-state index contributed by atoms with van der Waals surface area (Å²) >= 11 is 9.39. The highest BCUT2D eigenvalue weighted by Gasteiger charge is 2.14. The van der Waals surface area contributed by atoms with E-state index in [2.05, 4.69) is 53.3 Å². The Balaban J connectivity index is 2.34. The van der Waals surface area contributed by atoms with Crippen molar-refractivity contribution in [3.8, 4) is 6.07 Å². The number of hydrogen-bond donors (Lipinski definition) is 1. The lowest BCUT2D eigenvalue weighted by molar-refractivity contribution is 0.974. The summed E-state index contributed by atoms with van der Waals surface area (Å²) < 4.78 is 0.808. The molecule has 21 heavy (non-hydrogen) atoms. The van der Waals surface area contributed by atoms with E-state index >= 15 is 0 Å². The Labute approximate surface area is 138 Å². The number of nitrogens with one attached hydrogen (secondary N) is 1. The SMILES string of the molecule is Cc1cc(C)c(C(C#N)Nc2ccc(Cl)c(Br)c2)cc1C. The number of aryl methyl sites for hydroxylation is 3. The highest BCUT2D eigenvalue weighted by Crippen LogP contribution is 2.29. The van der Waals surface area contributed by atoms with Crippen LogP contribution in [0, 0.1) is 32.1 Å². The second kappa shape index (κ2) is 6.51. The van der Waals surface area contributed by atoms with Gasteiger partial charge in [0.05, 0.1) is 11.1 Å². The summed E-state index contributed by atoms with van der Waals surface area (Å²) in [6, 6.07) is 11.7. The van der Waals surface area contributed by atoms with Crippen LogP contribution in [-0.2, 0) is 0 Å². The van der Waals surface area contributed by atoms with Crippen LogP contribution < -0.4 is 5.32 Å². The van der Waals surface area contributed by atoms with Gasteiger partial charge < -0.3 is 5.32 Å². The number of halogens is 2. The molecule has 0 saturated carbocycles. The summed E-state index contributed by atoms with van der Waals surface area (Å²) in [5.41, 5.74) is 5.41. The van der Waals surface area contributed by atoms with Gasteiger partial charge in [-0.3, -0.25) is 0 Å².